The van der Waals surface area contributed by atoms with E-state index in [2.05, 4.69) is 24.5 Å². The van der Waals surface area contributed by atoms with Crippen molar-refractivity contribution in [2.75, 3.05) is 5.32 Å². The summed E-state index contributed by atoms with van der Waals surface area (Å²) in [5.41, 5.74) is 2.00. The van der Waals surface area contributed by atoms with Crippen molar-refractivity contribution in [1.29, 1.82) is 0 Å². The van der Waals surface area contributed by atoms with E-state index in [1.54, 1.807) is 12.3 Å². The van der Waals surface area contributed by atoms with Crippen LogP contribution in [0.4, 0.5) is 10.5 Å². The number of allylic oxidation sites excluding steroid dienone is 1. The average molecular weight is 218 g/mol. The van der Waals surface area contributed by atoms with Crippen molar-refractivity contribution in [3.63, 3.8) is 0 Å². The molecule has 0 atom stereocenters. The highest BCUT2D eigenvalue weighted by Crippen LogP contribution is 2.23. The molecule has 0 unspecified atom stereocenters. The number of rotatable bonds is 3. The van der Waals surface area contributed by atoms with Crippen molar-refractivity contribution in [2.24, 2.45) is 0 Å². The molecule has 0 aliphatic carbocycles. The second-order valence-electron chi connectivity index (χ2n) is 3.84. The molecule has 16 heavy (non-hydrogen) atoms. The van der Waals surface area contributed by atoms with Crippen molar-refractivity contribution >= 4 is 11.7 Å². The van der Waals surface area contributed by atoms with Crippen molar-refractivity contribution in [1.82, 2.24) is 5.32 Å². The number of hydrogen-bond donors (Lipinski definition) is 2. The Morgan fingerprint density at radius 3 is 2.62 bits per heavy atom. The van der Waals surface area contributed by atoms with Crippen LogP contribution in [0.1, 0.15) is 32.3 Å². The summed E-state index contributed by atoms with van der Waals surface area (Å²) < 4.78 is 0. The van der Waals surface area contributed by atoms with Gasteiger partial charge < -0.3 is 10.6 Å². The molecule has 0 heterocycles. The van der Waals surface area contributed by atoms with Crippen LogP contribution in [0.2, 0.25) is 0 Å². The van der Waals surface area contributed by atoms with Crippen LogP contribution in [-0.2, 0) is 0 Å². The van der Waals surface area contributed by atoms with Crippen molar-refractivity contribution in [2.45, 2.75) is 26.7 Å². The van der Waals surface area contributed by atoms with E-state index in [-0.39, 0.29) is 6.03 Å². The molecular formula is C13H18N2O. The van der Waals surface area contributed by atoms with Crippen LogP contribution < -0.4 is 10.6 Å². The zero-order chi connectivity index (χ0) is 12.0. The number of hydrogen-bond acceptors (Lipinski definition) is 1. The average Bonchev–Trinajstić information content (AvgIpc) is 2.27. The van der Waals surface area contributed by atoms with Crippen LogP contribution >= 0.6 is 0 Å². The van der Waals surface area contributed by atoms with Crippen LogP contribution in [0.5, 0.6) is 0 Å². The fourth-order valence-corrected chi connectivity index (χ4v) is 1.43. The molecule has 0 bridgehead atoms. The zero-order valence-corrected chi connectivity index (χ0v) is 9.95. The number of nitrogens with one attached hydrogen (secondary N) is 2. The summed E-state index contributed by atoms with van der Waals surface area (Å²) in [5.74, 6) is 0.387. The van der Waals surface area contributed by atoms with Crippen molar-refractivity contribution in [3.8, 4) is 0 Å². The molecule has 86 valence electrons. The first-order valence-electron chi connectivity index (χ1n) is 5.42. The van der Waals surface area contributed by atoms with Crippen LogP contribution in [0.25, 0.3) is 0 Å². The van der Waals surface area contributed by atoms with Crippen LogP contribution in [-0.4, -0.2) is 6.03 Å². The number of benzene rings is 1. The van der Waals surface area contributed by atoms with E-state index in [0.29, 0.717) is 5.92 Å². The first-order chi connectivity index (χ1) is 7.65. The van der Waals surface area contributed by atoms with Gasteiger partial charge in [0, 0.05) is 11.9 Å². The summed E-state index contributed by atoms with van der Waals surface area (Å²) in [6, 6.07) is 7.60. The molecule has 1 rings (SSSR count). The Morgan fingerprint density at radius 1 is 1.31 bits per heavy atom. The maximum Gasteiger partial charge on any atom is 0.323 e. The minimum Gasteiger partial charge on any atom is -0.315 e. The van der Waals surface area contributed by atoms with Crippen molar-refractivity contribution in [3.05, 3.63) is 42.1 Å². The molecular weight excluding hydrogens is 200 g/mol. The Morgan fingerprint density at radius 2 is 2.00 bits per heavy atom. The third-order valence-electron chi connectivity index (χ3n) is 2.21. The number of para-hydroxylation sites is 1. The highest BCUT2D eigenvalue weighted by molar-refractivity contribution is 5.90. The predicted molar refractivity (Wildman–Crippen MR) is 67.5 cm³/mol. The van der Waals surface area contributed by atoms with Gasteiger partial charge in [-0.3, -0.25) is 0 Å². The highest BCUT2D eigenvalue weighted by Gasteiger charge is 2.07. The number of carbonyl (C=O) groups excluding carboxylic acids is 1. The molecule has 0 saturated heterocycles. The van der Waals surface area contributed by atoms with Gasteiger partial charge in [-0.1, -0.05) is 38.1 Å². The number of urea groups is 1. The van der Waals surface area contributed by atoms with Gasteiger partial charge in [0.2, 0.25) is 0 Å². The molecule has 0 aromatic heterocycles. The van der Waals surface area contributed by atoms with Gasteiger partial charge in [0.1, 0.15) is 0 Å². The van der Waals surface area contributed by atoms with Gasteiger partial charge in [-0.15, -0.1) is 0 Å². The van der Waals surface area contributed by atoms with E-state index >= 15 is 0 Å². The Labute approximate surface area is 96.6 Å². The van der Waals surface area contributed by atoms with Gasteiger partial charge in [0.25, 0.3) is 0 Å². The molecule has 3 heteroatoms. The molecule has 1 aromatic rings. The van der Waals surface area contributed by atoms with Gasteiger partial charge in [-0.05, 0) is 24.5 Å². The summed E-state index contributed by atoms with van der Waals surface area (Å²) in [4.78, 5) is 11.5. The lowest BCUT2D eigenvalue weighted by atomic mass is 10.0. The first kappa shape index (κ1) is 12.3. The Balaban J connectivity index is 2.76. The third-order valence-corrected chi connectivity index (χ3v) is 2.21. The molecule has 0 saturated carbocycles. The molecule has 0 spiro atoms. The molecule has 0 aliphatic heterocycles. The lowest BCUT2D eigenvalue weighted by Gasteiger charge is -2.13. The Bertz CT molecular complexity index is 383. The van der Waals surface area contributed by atoms with Crippen LogP contribution in [0.15, 0.2) is 36.5 Å². The highest BCUT2D eigenvalue weighted by atomic mass is 16.2. The molecule has 2 N–H and O–H groups in total. The lowest BCUT2D eigenvalue weighted by Crippen LogP contribution is -2.24. The summed E-state index contributed by atoms with van der Waals surface area (Å²) in [6.07, 6.45) is 3.38. The molecule has 2 amide bonds. The van der Waals surface area contributed by atoms with E-state index in [0.717, 1.165) is 11.3 Å². The van der Waals surface area contributed by atoms with Gasteiger partial charge in [0.15, 0.2) is 0 Å². The SMILES string of the molecule is C/C=C/NC(=O)Nc1ccccc1C(C)C. The maximum atomic E-state index is 11.5. The summed E-state index contributed by atoms with van der Waals surface area (Å²) in [7, 11) is 0. The standard InChI is InChI=1S/C13H18N2O/c1-4-9-14-13(16)15-12-8-6-5-7-11(12)10(2)3/h4-10H,1-3H3,(H2,14,15,16)/b9-4+. The van der Waals surface area contributed by atoms with Gasteiger partial charge >= 0.3 is 6.03 Å². The van der Waals surface area contributed by atoms with E-state index in [9.17, 15) is 4.79 Å². The number of carbonyl (C=O) groups is 1. The minimum absolute atomic E-state index is 0.216. The second kappa shape index (κ2) is 5.95. The Kier molecular flexibility index (Phi) is 4.58. The molecule has 3 nitrogen and oxygen atoms in total. The minimum atomic E-state index is -0.216. The Hall–Kier alpha value is -1.77. The zero-order valence-electron chi connectivity index (χ0n) is 9.95. The fourth-order valence-electron chi connectivity index (χ4n) is 1.43. The summed E-state index contributed by atoms with van der Waals surface area (Å²) in [5, 5.41) is 5.44. The first-order valence-corrected chi connectivity index (χ1v) is 5.42. The van der Waals surface area contributed by atoms with Gasteiger partial charge in [-0.2, -0.15) is 0 Å². The van der Waals surface area contributed by atoms with E-state index in [1.165, 1.54) is 0 Å². The van der Waals surface area contributed by atoms with Crippen LogP contribution in [0, 0.1) is 0 Å². The van der Waals surface area contributed by atoms with Gasteiger partial charge in [-0.25, -0.2) is 4.79 Å². The smallest absolute Gasteiger partial charge is 0.315 e. The number of amides is 2. The normalized spacial score (nSPS) is 10.8. The monoisotopic (exact) mass is 218 g/mol. The maximum absolute atomic E-state index is 11.5. The number of anilines is 1. The van der Waals surface area contributed by atoms with E-state index in [1.807, 2.05) is 31.2 Å². The van der Waals surface area contributed by atoms with E-state index in [4.69, 9.17) is 0 Å². The lowest BCUT2D eigenvalue weighted by molar-refractivity contribution is 0.255. The molecule has 1 aromatic carbocycles. The summed E-state index contributed by atoms with van der Waals surface area (Å²) in [6.45, 7) is 6.05. The molecule has 0 aliphatic rings. The van der Waals surface area contributed by atoms with Crippen molar-refractivity contribution < 1.29 is 4.79 Å². The van der Waals surface area contributed by atoms with Gasteiger partial charge in [0.05, 0.1) is 0 Å². The quantitative estimate of drug-likeness (QED) is 0.801. The van der Waals surface area contributed by atoms with Crippen LogP contribution in [0.3, 0.4) is 0 Å². The fraction of sp³-hybridized carbons (Fsp3) is 0.308. The third kappa shape index (κ3) is 3.42. The predicted octanol–water partition coefficient (Wildman–Crippen LogP) is 3.47. The summed E-state index contributed by atoms with van der Waals surface area (Å²) >= 11 is 0. The molecule has 0 fully saturated rings. The molecule has 0 radical (unpaired) electrons. The largest absolute Gasteiger partial charge is 0.323 e. The second-order valence-corrected chi connectivity index (χ2v) is 3.84. The van der Waals surface area contributed by atoms with E-state index < -0.39 is 0 Å². The topological polar surface area (TPSA) is 41.1 Å².